The first-order valence-corrected chi connectivity index (χ1v) is 7.83. The lowest BCUT2D eigenvalue weighted by Crippen LogP contribution is -2.62. The number of ether oxygens (including phenoxy) is 3. The number of carboxylic acids is 1. The molecule has 1 heterocycles. The number of rotatable bonds is 6. The summed E-state index contributed by atoms with van der Waals surface area (Å²) < 4.78 is 15.3. The van der Waals surface area contributed by atoms with Crippen LogP contribution in [-0.4, -0.2) is 56.8 Å². The number of hydrogen-bond donors (Lipinski definition) is 3. The summed E-state index contributed by atoms with van der Waals surface area (Å²) in [5, 5.41) is 21.7. The van der Waals surface area contributed by atoms with Gasteiger partial charge in [-0.05, 0) is 43.6 Å². The summed E-state index contributed by atoms with van der Waals surface area (Å²) in [7, 11) is 1.36. The number of amides is 1. The van der Waals surface area contributed by atoms with Crippen molar-refractivity contribution in [2.45, 2.75) is 45.1 Å². The van der Waals surface area contributed by atoms with E-state index in [-0.39, 0.29) is 16.2 Å². The minimum absolute atomic E-state index is 0.120. The van der Waals surface area contributed by atoms with Crippen molar-refractivity contribution in [2.75, 3.05) is 7.11 Å². The molecule has 0 aliphatic heterocycles. The molecule has 140 valence electrons. The van der Waals surface area contributed by atoms with E-state index in [4.69, 9.17) is 14.2 Å². The van der Waals surface area contributed by atoms with Crippen LogP contribution in [0.4, 0.5) is 4.79 Å². The Kier molecular flexibility index (Phi) is 6.54. The average molecular weight is 422 g/mol. The number of halogens is 1. The minimum atomic E-state index is -2.21. The molecule has 1 rings (SSSR count). The maximum Gasteiger partial charge on any atom is 0.408 e. The maximum absolute atomic E-state index is 11.9. The van der Waals surface area contributed by atoms with Crippen LogP contribution in [0.3, 0.4) is 0 Å². The molecule has 11 heteroatoms. The minimum Gasteiger partial charge on any atom is -0.480 e. The number of nitrogens with one attached hydrogen (secondary N) is 1. The molecule has 10 nitrogen and oxygen atoms in total. The van der Waals surface area contributed by atoms with Crippen LogP contribution < -0.4 is 14.8 Å². The molecule has 1 amide bonds. The van der Waals surface area contributed by atoms with E-state index in [9.17, 15) is 19.8 Å². The maximum atomic E-state index is 11.9. The van der Waals surface area contributed by atoms with Crippen LogP contribution in [0, 0.1) is 0 Å². The Morgan fingerprint density at radius 2 is 1.80 bits per heavy atom. The third kappa shape index (κ3) is 5.43. The highest BCUT2D eigenvalue weighted by molar-refractivity contribution is 9.10. The van der Waals surface area contributed by atoms with Gasteiger partial charge >= 0.3 is 12.1 Å². The smallest absolute Gasteiger partial charge is 0.408 e. The Morgan fingerprint density at radius 3 is 2.28 bits per heavy atom. The standard InChI is InChI=1S/C14H20BrN3O7/c1-13(2,3)25-12(22)18-14(4,10(19)20)11(21)24-9-7(15)8(23-5)16-6-17-9/h6,11,21H,1-5H3,(H,18,22)(H,19,20)/t11?,14-/m1/s1. The molecule has 1 unspecified atom stereocenters. The lowest BCUT2D eigenvalue weighted by molar-refractivity contribution is -0.161. The van der Waals surface area contributed by atoms with Gasteiger partial charge in [-0.15, -0.1) is 0 Å². The number of hydrogen-bond acceptors (Lipinski definition) is 8. The molecular formula is C14H20BrN3O7. The molecule has 0 aliphatic carbocycles. The van der Waals surface area contributed by atoms with Gasteiger partial charge in [-0.3, -0.25) is 0 Å². The molecule has 0 saturated carbocycles. The Morgan fingerprint density at radius 1 is 1.24 bits per heavy atom. The zero-order valence-electron chi connectivity index (χ0n) is 14.4. The Bertz CT molecular complexity index is 650. The summed E-state index contributed by atoms with van der Waals surface area (Å²) in [6.07, 6.45) is -1.92. The number of carbonyl (C=O) groups excluding carboxylic acids is 1. The summed E-state index contributed by atoms with van der Waals surface area (Å²) in [6, 6.07) is 0. The quantitative estimate of drug-likeness (QED) is 0.579. The first-order chi connectivity index (χ1) is 11.4. The van der Waals surface area contributed by atoms with Crippen LogP contribution >= 0.6 is 15.9 Å². The van der Waals surface area contributed by atoms with Crippen LogP contribution in [-0.2, 0) is 9.53 Å². The number of alkyl carbamates (subject to hydrolysis) is 1. The highest BCUT2D eigenvalue weighted by Crippen LogP contribution is 2.31. The van der Waals surface area contributed by atoms with Crippen LogP contribution in [0.25, 0.3) is 0 Å². The zero-order valence-corrected chi connectivity index (χ0v) is 15.9. The van der Waals surface area contributed by atoms with E-state index in [0.29, 0.717) is 0 Å². The van der Waals surface area contributed by atoms with Crippen molar-refractivity contribution < 1.29 is 34.0 Å². The van der Waals surface area contributed by atoms with Crippen molar-refractivity contribution in [3.63, 3.8) is 0 Å². The van der Waals surface area contributed by atoms with Crippen molar-refractivity contribution >= 4 is 28.0 Å². The van der Waals surface area contributed by atoms with E-state index < -0.39 is 29.5 Å². The second-order valence-electron chi connectivity index (χ2n) is 6.11. The average Bonchev–Trinajstić information content (AvgIpc) is 2.46. The summed E-state index contributed by atoms with van der Waals surface area (Å²) >= 11 is 3.12. The normalized spacial score (nSPS) is 14.8. The molecule has 0 fully saturated rings. The Balaban J connectivity index is 3.02. The topological polar surface area (TPSA) is 140 Å². The number of carboxylic acid groups (broad SMARTS) is 1. The lowest BCUT2D eigenvalue weighted by atomic mass is 10.0. The lowest BCUT2D eigenvalue weighted by Gasteiger charge is -2.31. The van der Waals surface area contributed by atoms with E-state index in [2.05, 4.69) is 31.2 Å². The second kappa shape index (κ2) is 7.83. The molecule has 0 bridgehead atoms. The van der Waals surface area contributed by atoms with Gasteiger partial charge in [-0.2, -0.15) is 0 Å². The zero-order chi connectivity index (χ0) is 19.4. The van der Waals surface area contributed by atoms with Gasteiger partial charge in [-0.25, -0.2) is 19.6 Å². The highest BCUT2D eigenvalue weighted by Gasteiger charge is 2.46. The van der Waals surface area contributed by atoms with E-state index in [0.717, 1.165) is 13.3 Å². The fourth-order valence-electron chi connectivity index (χ4n) is 1.52. The van der Waals surface area contributed by atoms with Crippen molar-refractivity contribution in [3.05, 3.63) is 10.8 Å². The molecule has 25 heavy (non-hydrogen) atoms. The van der Waals surface area contributed by atoms with E-state index in [1.54, 1.807) is 20.8 Å². The van der Waals surface area contributed by atoms with Crippen LogP contribution in [0.5, 0.6) is 11.8 Å². The molecule has 0 saturated heterocycles. The number of aliphatic hydroxyl groups excluding tert-OH is 1. The predicted molar refractivity (Wildman–Crippen MR) is 88.3 cm³/mol. The van der Waals surface area contributed by atoms with Crippen molar-refractivity contribution in [1.82, 2.24) is 15.3 Å². The molecule has 2 atom stereocenters. The third-order valence-corrected chi connectivity index (χ3v) is 3.52. The van der Waals surface area contributed by atoms with Crippen LogP contribution in [0.2, 0.25) is 0 Å². The van der Waals surface area contributed by atoms with Gasteiger partial charge in [-0.1, -0.05) is 0 Å². The fraction of sp³-hybridized carbons (Fsp3) is 0.571. The highest BCUT2D eigenvalue weighted by atomic mass is 79.9. The molecule has 0 aliphatic rings. The summed E-state index contributed by atoms with van der Waals surface area (Å²) in [5.41, 5.74) is -3.06. The van der Waals surface area contributed by atoms with Gasteiger partial charge in [0.05, 0.1) is 7.11 Å². The first-order valence-electron chi connectivity index (χ1n) is 7.04. The van der Waals surface area contributed by atoms with Gasteiger partial charge in [0.25, 0.3) is 0 Å². The number of carbonyl (C=O) groups is 2. The first kappa shape index (κ1) is 20.9. The number of aromatic nitrogens is 2. The Hall–Kier alpha value is -2.14. The van der Waals surface area contributed by atoms with Crippen LogP contribution in [0.1, 0.15) is 27.7 Å². The van der Waals surface area contributed by atoms with Gasteiger partial charge in [0.1, 0.15) is 16.4 Å². The molecule has 0 aromatic carbocycles. The van der Waals surface area contributed by atoms with E-state index >= 15 is 0 Å². The van der Waals surface area contributed by atoms with Crippen molar-refractivity contribution in [2.24, 2.45) is 0 Å². The monoisotopic (exact) mass is 421 g/mol. The third-order valence-electron chi connectivity index (χ3n) is 2.84. The van der Waals surface area contributed by atoms with Gasteiger partial charge in [0.15, 0.2) is 5.54 Å². The SMILES string of the molecule is COc1ncnc(OC(O)[C@](C)(NC(=O)OC(C)(C)C)C(=O)O)c1Br. The molecule has 1 aromatic heterocycles. The van der Waals surface area contributed by atoms with Gasteiger partial charge < -0.3 is 29.7 Å². The summed E-state index contributed by atoms with van der Waals surface area (Å²) in [4.78, 5) is 31.1. The fourth-order valence-corrected chi connectivity index (χ4v) is 1.98. The Labute approximate surface area is 152 Å². The molecular weight excluding hydrogens is 402 g/mol. The number of methoxy groups -OCH3 is 1. The number of nitrogens with zero attached hydrogens (tertiary/aromatic N) is 2. The summed E-state index contributed by atoms with van der Waals surface area (Å²) in [5.74, 6) is -1.59. The second-order valence-corrected chi connectivity index (χ2v) is 6.90. The van der Waals surface area contributed by atoms with Crippen molar-refractivity contribution in [1.29, 1.82) is 0 Å². The van der Waals surface area contributed by atoms with Crippen molar-refractivity contribution in [3.8, 4) is 11.8 Å². The number of aliphatic hydroxyl groups is 1. The molecule has 0 radical (unpaired) electrons. The predicted octanol–water partition coefficient (Wildman–Crippen LogP) is 1.31. The molecule has 3 N–H and O–H groups in total. The van der Waals surface area contributed by atoms with Gasteiger partial charge in [0, 0.05) is 0 Å². The van der Waals surface area contributed by atoms with E-state index in [1.165, 1.54) is 7.11 Å². The summed E-state index contributed by atoms with van der Waals surface area (Å²) in [6.45, 7) is 5.90. The van der Waals surface area contributed by atoms with Crippen LogP contribution in [0.15, 0.2) is 10.8 Å². The largest absolute Gasteiger partial charge is 0.480 e. The van der Waals surface area contributed by atoms with E-state index in [1.807, 2.05) is 0 Å². The molecule has 0 spiro atoms. The number of aliphatic carboxylic acids is 1. The molecule has 1 aromatic rings. The van der Waals surface area contributed by atoms with Gasteiger partial charge in [0.2, 0.25) is 18.1 Å².